The van der Waals surface area contributed by atoms with E-state index in [4.69, 9.17) is 0 Å². The first-order chi connectivity index (χ1) is 10.2. The Morgan fingerprint density at radius 2 is 2.10 bits per heavy atom. The van der Waals surface area contributed by atoms with Gasteiger partial charge in [0.25, 0.3) is 0 Å². The van der Waals surface area contributed by atoms with Crippen molar-refractivity contribution in [2.45, 2.75) is 57.2 Å². The van der Waals surface area contributed by atoms with Gasteiger partial charge >= 0.3 is 0 Å². The maximum absolute atomic E-state index is 14.2. The monoisotopic (exact) mass is 291 g/mol. The summed E-state index contributed by atoms with van der Waals surface area (Å²) in [6.45, 7) is 3.10. The Morgan fingerprint density at radius 3 is 2.71 bits per heavy atom. The number of nitrogens with one attached hydrogen (secondary N) is 1. The maximum atomic E-state index is 14.2. The third-order valence-electron chi connectivity index (χ3n) is 5.36. The average molecular weight is 291 g/mol. The normalized spacial score (nSPS) is 30.5. The number of pyridine rings is 1. The van der Waals surface area contributed by atoms with Gasteiger partial charge in [-0.05, 0) is 57.7 Å². The first-order valence-corrected chi connectivity index (χ1v) is 8.25. The SMILES string of the molecule is CCCNC(c1ccncc1F)C1CC2CCC(C1)N2C. The molecule has 3 heterocycles. The number of fused-ring (bicyclic) bond motifs is 2. The number of hydrogen-bond acceptors (Lipinski definition) is 3. The summed E-state index contributed by atoms with van der Waals surface area (Å²) in [5.41, 5.74) is 0.799. The van der Waals surface area contributed by atoms with Crippen LogP contribution in [0.2, 0.25) is 0 Å². The summed E-state index contributed by atoms with van der Waals surface area (Å²) in [4.78, 5) is 6.43. The van der Waals surface area contributed by atoms with Gasteiger partial charge in [0.2, 0.25) is 0 Å². The van der Waals surface area contributed by atoms with Crippen LogP contribution in [-0.4, -0.2) is 35.6 Å². The Labute approximate surface area is 126 Å². The molecule has 0 amide bonds. The number of hydrogen-bond donors (Lipinski definition) is 1. The molecule has 2 bridgehead atoms. The average Bonchev–Trinajstić information content (AvgIpc) is 2.72. The maximum Gasteiger partial charge on any atom is 0.146 e. The fourth-order valence-corrected chi connectivity index (χ4v) is 4.19. The van der Waals surface area contributed by atoms with Crippen LogP contribution in [0.5, 0.6) is 0 Å². The molecule has 2 aliphatic heterocycles. The molecule has 1 aromatic heterocycles. The summed E-state index contributed by atoms with van der Waals surface area (Å²) >= 11 is 0. The van der Waals surface area contributed by atoms with Crippen molar-refractivity contribution in [3.8, 4) is 0 Å². The number of halogens is 1. The molecule has 116 valence electrons. The molecule has 4 heteroatoms. The summed E-state index contributed by atoms with van der Waals surface area (Å²) in [5, 5.41) is 3.59. The van der Waals surface area contributed by atoms with Gasteiger partial charge in [-0.3, -0.25) is 4.98 Å². The van der Waals surface area contributed by atoms with Crippen molar-refractivity contribution in [2.75, 3.05) is 13.6 Å². The molecule has 3 atom stereocenters. The zero-order valence-electron chi connectivity index (χ0n) is 13.1. The highest BCUT2D eigenvalue weighted by atomic mass is 19.1. The molecule has 0 aromatic carbocycles. The second kappa shape index (κ2) is 6.41. The fourth-order valence-electron chi connectivity index (χ4n) is 4.19. The highest BCUT2D eigenvalue weighted by Crippen LogP contribution is 2.42. The van der Waals surface area contributed by atoms with Crippen molar-refractivity contribution >= 4 is 0 Å². The molecule has 0 saturated carbocycles. The van der Waals surface area contributed by atoms with Crippen molar-refractivity contribution in [3.63, 3.8) is 0 Å². The van der Waals surface area contributed by atoms with E-state index in [1.165, 1.54) is 31.9 Å². The van der Waals surface area contributed by atoms with Gasteiger partial charge in [-0.15, -0.1) is 0 Å². The molecular formula is C17H26FN3. The highest BCUT2D eigenvalue weighted by molar-refractivity contribution is 5.19. The van der Waals surface area contributed by atoms with Crippen LogP contribution in [0, 0.1) is 11.7 Å². The molecule has 2 fully saturated rings. The lowest BCUT2D eigenvalue weighted by Crippen LogP contribution is -2.44. The van der Waals surface area contributed by atoms with Gasteiger partial charge < -0.3 is 10.2 Å². The van der Waals surface area contributed by atoms with E-state index in [1.807, 2.05) is 6.07 Å². The minimum absolute atomic E-state index is 0.129. The lowest BCUT2D eigenvalue weighted by molar-refractivity contribution is 0.111. The van der Waals surface area contributed by atoms with E-state index in [2.05, 4.69) is 29.2 Å². The lowest BCUT2D eigenvalue weighted by atomic mass is 9.82. The molecule has 0 radical (unpaired) electrons. The van der Waals surface area contributed by atoms with Crippen molar-refractivity contribution in [1.82, 2.24) is 15.2 Å². The summed E-state index contributed by atoms with van der Waals surface area (Å²) in [6, 6.07) is 3.35. The number of rotatable bonds is 5. The van der Waals surface area contributed by atoms with Crippen LogP contribution in [0.25, 0.3) is 0 Å². The summed E-state index contributed by atoms with van der Waals surface area (Å²) in [7, 11) is 2.25. The van der Waals surface area contributed by atoms with E-state index < -0.39 is 0 Å². The molecule has 21 heavy (non-hydrogen) atoms. The third kappa shape index (κ3) is 2.97. The van der Waals surface area contributed by atoms with Crippen molar-refractivity contribution in [3.05, 3.63) is 29.8 Å². The standard InChI is InChI=1S/C17H26FN3/c1-3-7-20-17(15-6-8-19-11-16(15)18)12-9-13-4-5-14(10-12)21(13)2/h6,8,11-14,17,20H,3-5,7,9-10H2,1-2H3. The topological polar surface area (TPSA) is 28.2 Å². The molecular weight excluding hydrogens is 265 g/mol. The lowest BCUT2D eigenvalue weighted by Gasteiger charge is -2.40. The van der Waals surface area contributed by atoms with E-state index >= 15 is 0 Å². The van der Waals surface area contributed by atoms with Gasteiger partial charge in [0.1, 0.15) is 5.82 Å². The van der Waals surface area contributed by atoms with E-state index in [-0.39, 0.29) is 11.9 Å². The van der Waals surface area contributed by atoms with Crippen LogP contribution in [-0.2, 0) is 0 Å². The Balaban J connectivity index is 1.81. The molecule has 2 aliphatic rings. The van der Waals surface area contributed by atoms with Crippen LogP contribution >= 0.6 is 0 Å². The summed E-state index contributed by atoms with van der Waals surface area (Å²) < 4.78 is 14.2. The predicted molar refractivity (Wildman–Crippen MR) is 82.5 cm³/mol. The Bertz CT molecular complexity index is 465. The minimum Gasteiger partial charge on any atom is -0.310 e. The molecule has 2 saturated heterocycles. The smallest absolute Gasteiger partial charge is 0.146 e. The van der Waals surface area contributed by atoms with Gasteiger partial charge in [0.15, 0.2) is 0 Å². The summed E-state index contributed by atoms with van der Waals surface area (Å²) in [5.74, 6) is 0.361. The number of piperidine rings is 1. The second-order valence-corrected chi connectivity index (χ2v) is 6.61. The molecule has 3 rings (SSSR count). The molecule has 0 spiro atoms. The fraction of sp³-hybridized carbons (Fsp3) is 0.706. The Hall–Kier alpha value is -1.00. The largest absolute Gasteiger partial charge is 0.310 e. The highest BCUT2D eigenvalue weighted by Gasteiger charge is 2.41. The molecule has 1 N–H and O–H groups in total. The second-order valence-electron chi connectivity index (χ2n) is 6.61. The van der Waals surface area contributed by atoms with Crippen LogP contribution in [0.4, 0.5) is 4.39 Å². The van der Waals surface area contributed by atoms with Crippen molar-refractivity contribution in [1.29, 1.82) is 0 Å². The van der Waals surface area contributed by atoms with Crippen LogP contribution in [0.3, 0.4) is 0 Å². The molecule has 3 unspecified atom stereocenters. The zero-order valence-corrected chi connectivity index (χ0v) is 13.1. The van der Waals surface area contributed by atoms with E-state index in [1.54, 1.807) is 6.20 Å². The quantitative estimate of drug-likeness (QED) is 0.903. The van der Waals surface area contributed by atoms with E-state index in [9.17, 15) is 4.39 Å². The predicted octanol–water partition coefficient (Wildman–Crippen LogP) is 3.13. The molecule has 1 aromatic rings. The van der Waals surface area contributed by atoms with Crippen LogP contribution < -0.4 is 5.32 Å². The molecule has 0 aliphatic carbocycles. The minimum atomic E-state index is -0.169. The van der Waals surface area contributed by atoms with Crippen LogP contribution in [0.1, 0.15) is 50.6 Å². The van der Waals surface area contributed by atoms with Gasteiger partial charge in [0, 0.05) is 29.9 Å². The van der Waals surface area contributed by atoms with Crippen molar-refractivity contribution in [2.24, 2.45) is 5.92 Å². The van der Waals surface area contributed by atoms with Gasteiger partial charge in [-0.2, -0.15) is 0 Å². The zero-order chi connectivity index (χ0) is 14.8. The number of aromatic nitrogens is 1. The van der Waals surface area contributed by atoms with Gasteiger partial charge in [0.05, 0.1) is 6.20 Å². The first kappa shape index (κ1) is 14.9. The Morgan fingerprint density at radius 1 is 1.38 bits per heavy atom. The third-order valence-corrected chi connectivity index (χ3v) is 5.36. The van der Waals surface area contributed by atoms with E-state index in [0.717, 1.165) is 18.5 Å². The summed E-state index contributed by atoms with van der Waals surface area (Å²) in [6.07, 6.45) is 9.09. The van der Waals surface area contributed by atoms with E-state index in [0.29, 0.717) is 18.0 Å². The Kier molecular flexibility index (Phi) is 4.55. The van der Waals surface area contributed by atoms with Crippen LogP contribution in [0.15, 0.2) is 18.5 Å². The number of nitrogens with zero attached hydrogens (tertiary/aromatic N) is 2. The van der Waals surface area contributed by atoms with Gasteiger partial charge in [-0.1, -0.05) is 6.92 Å². The van der Waals surface area contributed by atoms with Gasteiger partial charge in [-0.25, -0.2) is 4.39 Å². The molecule has 3 nitrogen and oxygen atoms in total. The first-order valence-electron chi connectivity index (χ1n) is 8.25. The van der Waals surface area contributed by atoms with Crippen molar-refractivity contribution < 1.29 is 4.39 Å².